The molecule has 1 aromatic carbocycles. The smallest absolute Gasteiger partial charge is 0.355 e. The van der Waals surface area contributed by atoms with Crippen LogP contribution >= 0.6 is 34.2 Å². The van der Waals surface area contributed by atoms with Gasteiger partial charge in [0, 0.05) is 6.20 Å². The second kappa shape index (κ2) is 9.05. The van der Waals surface area contributed by atoms with Gasteiger partial charge in [-0.05, 0) is 46.9 Å². The van der Waals surface area contributed by atoms with E-state index in [1.807, 2.05) is 22.6 Å². The second-order valence-electron chi connectivity index (χ2n) is 5.07. The maximum atomic E-state index is 12.4. The number of carbonyl (C=O) groups is 3. The zero-order chi connectivity index (χ0) is 20.1. The number of carbonyl (C=O) groups excluding carboxylic acids is 3. The van der Waals surface area contributed by atoms with Crippen LogP contribution in [0.1, 0.15) is 10.4 Å². The minimum atomic E-state index is -0.740. The highest BCUT2D eigenvalue weighted by atomic mass is 127. The highest BCUT2D eigenvalue weighted by molar-refractivity contribution is 14.1. The van der Waals surface area contributed by atoms with Gasteiger partial charge in [0.15, 0.2) is 0 Å². The zero-order valence-corrected chi connectivity index (χ0v) is 17.5. The minimum absolute atomic E-state index is 0.0123. The molecule has 0 aromatic heterocycles. The summed E-state index contributed by atoms with van der Waals surface area (Å²) in [6.45, 7) is 0. The summed E-state index contributed by atoms with van der Waals surface area (Å²) in [6.07, 6.45) is 6.25. The Labute approximate surface area is 174 Å². The normalized spacial score (nSPS) is 13.3. The lowest BCUT2D eigenvalue weighted by atomic mass is 10.1. The number of hydrogen-bond donors (Lipinski definition) is 0. The summed E-state index contributed by atoms with van der Waals surface area (Å²) in [7, 11) is 3.68. The van der Waals surface area contributed by atoms with Crippen molar-refractivity contribution in [1.82, 2.24) is 0 Å². The lowest BCUT2D eigenvalue weighted by Crippen LogP contribution is -2.27. The van der Waals surface area contributed by atoms with Crippen molar-refractivity contribution in [2.75, 3.05) is 26.2 Å². The van der Waals surface area contributed by atoms with E-state index >= 15 is 0 Å². The van der Waals surface area contributed by atoms with Crippen LogP contribution in [0.15, 0.2) is 47.8 Å². The number of benzene rings is 1. The Balaban J connectivity index is 2.71. The molecule has 7 nitrogen and oxygen atoms in total. The first kappa shape index (κ1) is 21.0. The van der Waals surface area contributed by atoms with E-state index in [1.54, 1.807) is 24.4 Å². The summed E-state index contributed by atoms with van der Waals surface area (Å²) in [6, 6.07) is 3.07. The molecule has 0 aliphatic carbocycles. The molecule has 1 heterocycles. The summed E-state index contributed by atoms with van der Waals surface area (Å²) in [4.78, 5) is 37.9. The first-order valence-corrected chi connectivity index (χ1v) is 8.94. The maximum absolute atomic E-state index is 12.4. The van der Waals surface area contributed by atoms with Crippen LogP contribution in [0.4, 0.5) is 5.69 Å². The van der Waals surface area contributed by atoms with E-state index < -0.39 is 17.9 Å². The molecule has 0 atom stereocenters. The molecule has 1 aromatic rings. The SMILES string of the molecule is COC(=O)C1=C(C(=O)OC)N(c2ccc(C(=O)OC)c(Cl)c2I)C=CC=C1. The quantitative estimate of drug-likeness (QED) is 0.354. The molecule has 0 amide bonds. The van der Waals surface area contributed by atoms with E-state index in [9.17, 15) is 14.4 Å². The largest absolute Gasteiger partial charge is 0.465 e. The molecule has 1 aliphatic rings. The highest BCUT2D eigenvalue weighted by Gasteiger charge is 2.29. The first-order chi connectivity index (χ1) is 12.9. The summed E-state index contributed by atoms with van der Waals surface area (Å²) in [5.74, 6) is -2.03. The predicted molar refractivity (Wildman–Crippen MR) is 107 cm³/mol. The van der Waals surface area contributed by atoms with Crippen LogP contribution in [-0.4, -0.2) is 39.2 Å². The Morgan fingerprint density at radius 3 is 2.19 bits per heavy atom. The molecule has 1 aliphatic heterocycles. The molecule has 0 radical (unpaired) electrons. The van der Waals surface area contributed by atoms with Gasteiger partial charge in [0.25, 0.3) is 0 Å². The molecule has 0 saturated heterocycles. The predicted octanol–water partition coefficient (Wildman–Crippen LogP) is 3.22. The van der Waals surface area contributed by atoms with Gasteiger partial charge in [0.05, 0.1) is 46.7 Å². The molecule has 142 valence electrons. The standard InChI is InChI=1S/C18H15ClINO6/c1-25-16(22)10-7-8-12(14(20)13(10)19)21-9-5-4-6-11(17(23)26-2)15(21)18(24)27-3/h4-9H,1-3H3. The molecule has 2 rings (SSSR count). The Kier molecular flexibility index (Phi) is 7.03. The molecule has 27 heavy (non-hydrogen) atoms. The van der Waals surface area contributed by atoms with Gasteiger partial charge in [-0.15, -0.1) is 0 Å². The number of rotatable bonds is 4. The average molecular weight is 504 g/mol. The molecule has 0 spiro atoms. The third-order valence-corrected chi connectivity index (χ3v) is 5.42. The number of ether oxygens (including phenoxy) is 3. The number of methoxy groups -OCH3 is 3. The lowest BCUT2D eigenvalue weighted by molar-refractivity contribution is -0.139. The third-order valence-electron chi connectivity index (χ3n) is 3.62. The van der Waals surface area contributed by atoms with Gasteiger partial charge in [-0.1, -0.05) is 17.7 Å². The van der Waals surface area contributed by atoms with Crippen molar-refractivity contribution in [2.24, 2.45) is 0 Å². The summed E-state index contributed by atoms with van der Waals surface area (Å²) in [5, 5.41) is 0.161. The van der Waals surface area contributed by atoms with Crippen molar-refractivity contribution in [1.29, 1.82) is 0 Å². The number of allylic oxidation sites excluding steroid dienone is 2. The van der Waals surface area contributed by atoms with Crippen molar-refractivity contribution in [2.45, 2.75) is 0 Å². The van der Waals surface area contributed by atoms with Gasteiger partial charge < -0.3 is 19.1 Å². The first-order valence-electron chi connectivity index (χ1n) is 7.48. The molecule has 0 N–H and O–H groups in total. The molecule has 9 heteroatoms. The number of nitrogens with zero attached hydrogens (tertiary/aromatic N) is 1. The fourth-order valence-corrected chi connectivity index (χ4v) is 3.31. The van der Waals surface area contributed by atoms with Crippen molar-refractivity contribution >= 4 is 57.8 Å². The van der Waals surface area contributed by atoms with Crippen molar-refractivity contribution < 1.29 is 28.6 Å². The monoisotopic (exact) mass is 503 g/mol. The van der Waals surface area contributed by atoms with E-state index in [1.165, 1.54) is 38.4 Å². The van der Waals surface area contributed by atoms with Crippen molar-refractivity contribution in [3.05, 3.63) is 62.0 Å². The Bertz CT molecular complexity index is 890. The Hall–Kier alpha value is -2.33. The van der Waals surface area contributed by atoms with Gasteiger partial charge >= 0.3 is 17.9 Å². The Morgan fingerprint density at radius 1 is 0.963 bits per heavy atom. The molecular formula is C18H15ClINO6. The van der Waals surface area contributed by atoms with Crippen LogP contribution in [0.2, 0.25) is 5.02 Å². The van der Waals surface area contributed by atoms with E-state index in [-0.39, 0.29) is 21.9 Å². The van der Waals surface area contributed by atoms with Crippen LogP contribution in [0, 0.1) is 3.57 Å². The van der Waals surface area contributed by atoms with Crippen molar-refractivity contribution in [3.63, 3.8) is 0 Å². The van der Waals surface area contributed by atoms with E-state index in [0.717, 1.165) is 0 Å². The molecule has 0 saturated carbocycles. The van der Waals surface area contributed by atoms with Crippen LogP contribution < -0.4 is 4.90 Å². The van der Waals surface area contributed by atoms with Gasteiger partial charge in [0.1, 0.15) is 5.70 Å². The Morgan fingerprint density at radius 2 is 1.59 bits per heavy atom. The van der Waals surface area contributed by atoms with Gasteiger partial charge in [-0.2, -0.15) is 0 Å². The number of esters is 3. The van der Waals surface area contributed by atoms with Gasteiger partial charge in [-0.3, -0.25) is 0 Å². The lowest BCUT2D eigenvalue weighted by Gasteiger charge is -2.25. The van der Waals surface area contributed by atoms with Crippen LogP contribution in [0.5, 0.6) is 0 Å². The van der Waals surface area contributed by atoms with Crippen molar-refractivity contribution in [3.8, 4) is 0 Å². The minimum Gasteiger partial charge on any atom is -0.465 e. The van der Waals surface area contributed by atoms with E-state index in [4.69, 9.17) is 25.8 Å². The summed E-state index contributed by atoms with van der Waals surface area (Å²) in [5.41, 5.74) is 0.614. The third kappa shape index (κ3) is 4.16. The number of hydrogen-bond acceptors (Lipinski definition) is 7. The van der Waals surface area contributed by atoms with E-state index in [0.29, 0.717) is 9.26 Å². The molecule has 0 unspecified atom stereocenters. The molecule has 0 fully saturated rings. The zero-order valence-electron chi connectivity index (χ0n) is 14.6. The molecule has 0 bridgehead atoms. The fourth-order valence-electron chi connectivity index (χ4n) is 2.34. The van der Waals surface area contributed by atoms with E-state index in [2.05, 4.69) is 0 Å². The van der Waals surface area contributed by atoms with Crippen LogP contribution in [-0.2, 0) is 23.8 Å². The second-order valence-corrected chi connectivity index (χ2v) is 6.52. The molecular weight excluding hydrogens is 489 g/mol. The highest BCUT2D eigenvalue weighted by Crippen LogP contribution is 2.36. The van der Waals surface area contributed by atoms with Gasteiger partial charge in [0.2, 0.25) is 0 Å². The average Bonchev–Trinajstić information content (AvgIpc) is 2.91. The maximum Gasteiger partial charge on any atom is 0.355 e. The number of halogens is 2. The number of anilines is 1. The topological polar surface area (TPSA) is 82.1 Å². The van der Waals surface area contributed by atoms with Crippen LogP contribution in [0.3, 0.4) is 0 Å². The summed E-state index contributed by atoms with van der Waals surface area (Å²) < 4.78 is 14.8. The fraction of sp³-hybridized carbons (Fsp3) is 0.167. The summed E-state index contributed by atoms with van der Waals surface area (Å²) >= 11 is 8.27. The van der Waals surface area contributed by atoms with Crippen LogP contribution in [0.25, 0.3) is 0 Å². The van der Waals surface area contributed by atoms with Gasteiger partial charge in [-0.25, -0.2) is 14.4 Å².